The van der Waals surface area contributed by atoms with Gasteiger partial charge in [0, 0.05) is 25.7 Å². The third kappa shape index (κ3) is 7.37. The predicted octanol–water partition coefficient (Wildman–Crippen LogP) is -0.352. The fourth-order valence-electron chi connectivity index (χ4n) is 1.63. The molecule has 0 bridgehead atoms. The molecule has 6 nitrogen and oxygen atoms in total. The highest BCUT2D eigenvalue weighted by molar-refractivity contribution is 14.0. The fourth-order valence-corrected chi connectivity index (χ4v) is 2.90. The maximum atomic E-state index is 11.2. The number of aliphatic imine (C=N–C) groups is 1. The van der Waals surface area contributed by atoms with Gasteiger partial charge in [0.25, 0.3) is 0 Å². The first-order valence-corrected chi connectivity index (χ1v) is 7.70. The number of rotatable bonds is 4. The number of nitrogens with two attached hydrogens (primary N) is 1. The average molecular weight is 390 g/mol. The molecule has 3 N–H and O–H groups in total. The van der Waals surface area contributed by atoms with Gasteiger partial charge in [0.2, 0.25) is 0 Å². The molecule has 1 rings (SSSR count). The van der Waals surface area contributed by atoms with Crippen LogP contribution < -0.4 is 11.1 Å². The third-order valence-electron chi connectivity index (χ3n) is 2.57. The van der Waals surface area contributed by atoms with Gasteiger partial charge in [-0.25, -0.2) is 8.42 Å². The second kappa shape index (κ2) is 8.16. The second-order valence-electron chi connectivity index (χ2n) is 4.56. The van der Waals surface area contributed by atoms with Crippen LogP contribution in [0, 0.1) is 0 Å². The van der Waals surface area contributed by atoms with Gasteiger partial charge in [-0.1, -0.05) is 0 Å². The van der Waals surface area contributed by atoms with Gasteiger partial charge >= 0.3 is 0 Å². The number of nitrogens with zero attached hydrogens (tertiary/aromatic N) is 2. The summed E-state index contributed by atoms with van der Waals surface area (Å²) in [5.74, 6) is 0.969. The summed E-state index contributed by atoms with van der Waals surface area (Å²) in [6.07, 6.45) is 0. The first kappa shape index (κ1) is 17.9. The van der Waals surface area contributed by atoms with E-state index in [2.05, 4.69) is 15.2 Å². The van der Waals surface area contributed by atoms with Crippen molar-refractivity contribution in [2.24, 2.45) is 10.7 Å². The van der Waals surface area contributed by atoms with Gasteiger partial charge in [-0.15, -0.1) is 24.0 Å². The lowest BCUT2D eigenvalue weighted by atomic mass is 10.4. The van der Waals surface area contributed by atoms with Crippen molar-refractivity contribution < 1.29 is 8.42 Å². The summed E-state index contributed by atoms with van der Waals surface area (Å²) in [4.78, 5) is 6.29. The zero-order valence-electron chi connectivity index (χ0n) is 10.9. The molecule has 0 amide bonds. The fraction of sp³-hybridized carbons (Fsp3) is 0.900. The van der Waals surface area contributed by atoms with E-state index >= 15 is 0 Å². The number of nitrogens with one attached hydrogen (secondary N) is 1. The molecule has 0 saturated carbocycles. The molecule has 0 aliphatic carbocycles. The quantitative estimate of drug-likeness (QED) is 0.389. The monoisotopic (exact) mass is 390 g/mol. The lowest BCUT2D eigenvalue weighted by Crippen LogP contribution is -2.42. The van der Waals surface area contributed by atoms with Crippen LogP contribution in [-0.4, -0.2) is 63.0 Å². The smallest absolute Gasteiger partial charge is 0.188 e. The van der Waals surface area contributed by atoms with Gasteiger partial charge in [-0.2, -0.15) is 0 Å². The normalized spacial score (nSPS) is 20.5. The van der Waals surface area contributed by atoms with E-state index in [0.717, 1.165) is 6.54 Å². The van der Waals surface area contributed by atoms with E-state index in [1.807, 2.05) is 13.8 Å². The summed E-state index contributed by atoms with van der Waals surface area (Å²) in [5, 5.41) is 3.01. The molecule has 18 heavy (non-hydrogen) atoms. The van der Waals surface area contributed by atoms with E-state index in [1.165, 1.54) is 0 Å². The zero-order chi connectivity index (χ0) is 12.9. The van der Waals surface area contributed by atoms with Crippen LogP contribution >= 0.6 is 24.0 Å². The first-order valence-electron chi connectivity index (χ1n) is 5.88. The number of halogens is 1. The van der Waals surface area contributed by atoms with E-state index in [4.69, 9.17) is 5.73 Å². The Morgan fingerprint density at radius 3 is 2.44 bits per heavy atom. The molecule has 0 radical (unpaired) electrons. The second-order valence-corrected chi connectivity index (χ2v) is 6.86. The van der Waals surface area contributed by atoms with Crippen LogP contribution in [0.2, 0.25) is 0 Å². The Morgan fingerprint density at radius 2 is 1.94 bits per heavy atom. The molecule has 0 spiro atoms. The van der Waals surface area contributed by atoms with Crippen LogP contribution in [0.5, 0.6) is 0 Å². The van der Waals surface area contributed by atoms with Gasteiger partial charge in [0.1, 0.15) is 0 Å². The number of hydrogen-bond donors (Lipinski definition) is 2. The molecule has 0 unspecified atom stereocenters. The summed E-state index contributed by atoms with van der Waals surface area (Å²) in [6.45, 7) is 6.57. The first-order chi connectivity index (χ1) is 7.89. The van der Waals surface area contributed by atoms with Crippen molar-refractivity contribution in [1.82, 2.24) is 10.2 Å². The van der Waals surface area contributed by atoms with E-state index in [0.29, 0.717) is 25.6 Å². The van der Waals surface area contributed by atoms with Gasteiger partial charge in [0.15, 0.2) is 15.8 Å². The summed E-state index contributed by atoms with van der Waals surface area (Å²) in [7, 11) is -2.79. The molecule has 0 aromatic carbocycles. The zero-order valence-corrected chi connectivity index (χ0v) is 14.1. The van der Waals surface area contributed by atoms with Crippen LogP contribution in [0.25, 0.3) is 0 Å². The summed E-state index contributed by atoms with van der Waals surface area (Å²) in [6, 6.07) is 0.277. The van der Waals surface area contributed by atoms with Gasteiger partial charge in [0.05, 0.1) is 18.1 Å². The molecule has 1 saturated heterocycles. The third-order valence-corrected chi connectivity index (χ3v) is 4.18. The Bertz CT molecular complexity index is 356. The van der Waals surface area contributed by atoms with Crippen LogP contribution in [0.3, 0.4) is 0 Å². The molecule has 0 aromatic heterocycles. The molecule has 1 fully saturated rings. The molecule has 1 aliphatic rings. The summed E-state index contributed by atoms with van der Waals surface area (Å²) >= 11 is 0. The lowest BCUT2D eigenvalue weighted by Gasteiger charge is -2.25. The van der Waals surface area contributed by atoms with E-state index in [9.17, 15) is 8.42 Å². The molecule has 0 atom stereocenters. The molecular weight excluding hydrogens is 367 g/mol. The van der Waals surface area contributed by atoms with Crippen molar-refractivity contribution in [1.29, 1.82) is 0 Å². The highest BCUT2D eigenvalue weighted by Crippen LogP contribution is 2.02. The Hall–Kier alpha value is -0.0900. The van der Waals surface area contributed by atoms with Crippen LogP contribution in [0.15, 0.2) is 4.99 Å². The SMILES string of the molecule is CC(C)NC(N)=NCCN1CCS(=O)(=O)CC1.I. The van der Waals surface area contributed by atoms with Crippen molar-refractivity contribution in [3.63, 3.8) is 0 Å². The minimum atomic E-state index is -2.79. The van der Waals surface area contributed by atoms with Crippen molar-refractivity contribution in [3.05, 3.63) is 0 Å². The van der Waals surface area contributed by atoms with Crippen molar-refractivity contribution in [3.8, 4) is 0 Å². The standard InChI is InChI=1S/C10H22N4O2S.HI/c1-9(2)13-10(11)12-3-4-14-5-7-17(15,16)8-6-14;/h9H,3-8H2,1-2H3,(H3,11,12,13);1H. The van der Waals surface area contributed by atoms with Gasteiger partial charge in [-0.05, 0) is 13.8 Å². The van der Waals surface area contributed by atoms with E-state index < -0.39 is 9.84 Å². The Morgan fingerprint density at radius 1 is 1.39 bits per heavy atom. The van der Waals surface area contributed by atoms with Crippen molar-refractivity contribution >= 4 is 39.8 Å². The Balaban J connectivity index is 0.00000289. The van der Waals surface area contributed by atoms with Crippen LogP contribution in [0.1, 0.15) is 13.8 Å². The average Bonchev–Trinajstić information content (AvgIpc) is 2.19. The summed E-state index contributed by atoms with van der Waals surface area (Å²) < 4.78 is 22.4. The van der Waals surface area contributed by atoms with Crippen molar-refractivity contribution in [2.45, 2.75) is 19.9 Å². The minimum absolute atomic E-state index is 0. The number of guanidine groups is 1. The molecule has 8 heteroatoms. The Labute approximate surface area is 126 Å². The lowest BCUT2D eigenvalue weighted by molar-refractivity contribution is 0.304. The van der Waals surface area contributed by atoms with Gasteiger partial charge in [-0.3, -0.25) is 9.89 Å². The molecular formula is C10H23IN4O2S. The number of sulfone groups is 1. The molecule has 0 aromatic rings. The topological polar surface area (TPSA) is 87.8 Å². The summed E-state index contributed by atoms with van der Waals surface area (Å²) in [5.41, 5.74) is 5.66. The largest absolute Gasteiger partial charge is 0.370 e. The van der Waals surface area contributed by atoms with Crippen LogP contribution in [0.4, 0.5) is 0 Å². The Kier molecular flexibility index (Phi) is 8.11. The van der Waals surface area contributed by atoms with E-state index in [1.54, 1.807) is 0 Å². The predicted molar refractivity (Wildman–Crippen MR) is 85.3 cm³/mol. The molecule has 1 heterocycles. The molecule has 1 aliphatic heterocycles. The van der Waals surface area contributed by atoms with Crippen LogP contribution in [-0.2, 0) is 9.84 Å². The maximum Gasteiger partial charge on any atom is 0.188 e. The van der Waals surface area contributed by atoms with Crippen molar-refractivity contribution in [2.75, 3.05) is 37.7 Å². The van der Waals surface area contributed by atoms with E-state index in [-0.39, 0.29) is 41.5 Å². The number of hydrogen-bond acceptors (Lipinski definition) is 4. The maximum absolute atomic E-state index is 11.2. The highest BCUT2D eigenvalue weighted by atomic mass is 127. The molecule has 108 valence electrons. The van der Waals surface area contributed by atoms with Gasteiger partial charge < -0.3 is 11.1 Å². The highest BCUT2D eigenvalue weighted by Gasteiger charge is 2.20. The minimum Gasteiger partial charge on any atom is -0.370 e.